The van der Waals surface area contributed by atoms with Crippen molar-refractivity contribution in [2.75, 3.05) is 33.7 Å². The van der Waals surface area contributed by atoms with E-state index in [-0.39, 0.29) is 23.5 Å². The smallest absolute Gasteiger partial charge is 0.227 e. The minimum Gasteiger partial charge on any atom is -0.465 e. The highest BCUT2D eigenvalue weighted by Crippen LogP contribution is 2.38. The first-order chi connectivity index (χ1) is 11.1. The number of aryl methyl sites for hydroxylation is 1. The molecule has 5 nitrogen and oxygen atoms in total. The average molecular weight is 334 g/mol. The van der Waals surface area contributed by atoms with Gasteiger partial charge in [-0.25, -0.2) is 0 Å². The van der Waals surface area contributed by atoms with Gasteiger partial charge in [0.2, 0.25) is 5.91 Å². The molecular formula is C19H30N2O3. The first-order valence-electron chi connectivity index (χ1n) is 8.71. The molecule has 0 aromatic carbocycles. The Kier molecular flexibility index (Phi) is 5.53. The van der Waals surface area contributed by atoms with Crippen LogP contribution in [0.15, 0.2) is 4.42 Å². The van der Waals surface area contributed by atoms with E-state index in [0.717, 1.165) is 24.3 Å². The normalized spacial score (nSPS) is 16.4. The van der Waals surface area contributed by atoms with Gasteiger partial charge in [0.15, 0.2) is 5.78 Å². The lowest BCUT2D eigenvalue weighted by Crippen LogP contribution is -2.37. The SMILES string of the molecule is CCN(CCN(C)C)C(=O)Cc1c(C)oc2c1C(=O)CC(C)(C)C2. The molecule has 1 amide bonds. The number of likely N-dealkylation sites (N-methyl/N-ethyl adjacent to an activating group) is 2. The topological polar surface area (TPSA) is 53.8 Å². The number of furan rings is 1. The highest BCUT2D eigenvalue weighted by atomic mass is 16.3. The van der Waals surface area contributed by atoms with E-state index in [2.05, 4.69) is 18.7 Å². The minimum absolute atomic E-state index is 0.0590. The molecule has 1 aliphatic rings. The van der Waals surface area contributed by atoms with E-state index >= 15 is 0 Å². The summed E-state index contributed by atoms with van der Waals surface area (Å²) in [6.07, 6.45) is 1.51. The van der Waals surface area contributed by atoms with Crippen LogP contribution >= 0.6 is 0 Å². The van der Waals surface area contributed by atoms with Gasteiger partial charge >= 0.3 is 0 Å². The van der Waals surface area contributed by atoms with Crippen LogP contribution in [0.5, 0.6) is 0 Å². The number of hydrogen-bond acceptors (Lipinski definition) is 4. The molecule has 1 aliphatic carbocycles. The maximum absolute atomic E-state index is 12.7. The van der Waals surface area contributed by atoms with E-state index in [0.29, 0.717) is 30.8 Å². The zero-order valence-corrected chi connectivity index (χ0v) is 15.9. The molecule has 1 aromatic heterocycles. The Labute approximate surface area is 145 Å². The van der Waals surface area contributed by atoms with Gasteiger partial charge in [-0.2, -0.15) is 0 Å². The molecule has 0 fully saturated rings. The van der Waals surface area contributed by atoms with Gasteiger partial charge in [-0.1, -0.05) is 13.8 Å². The quantitative estimate of drug-likeness (QED) is 0.803. The summed E-state index contributed by atoms with van der Waals surface area (Å²) >= 11 is 0. The fourth-order valence-electron chi connectivity index (χ4n) is 3.37. The molecule has 0 saturated carbocycles. The van der Waals surface area contributed by atoms with Crippen LogP contribution in [-0.2, 0) is 17.6 Å². The Morgan fingerprint density at radius 3 is 2.46 bits per heavy atom. The van der Waals surface area contributed by atoms with Gasteiger partial charge in [0, 0.05) is 38.0 Å². The largest absolute Gasteiger partial charge is 0.465 e. The van der Waals surface area contributed by atoms with Crippen LogP contribution in [-0.4, -0.2) is 55.2 Å². The number of amides is 1. The fraction of sp³-hybridized carbons (Fsp3) is 0.684. The van der Waals surface area contributed by atoms with E-state index in [1.807, 2.05) is 32.8 Å². The Morgan fingerprint density at radius 2 is 1.88 bits per heavy atom. The number of Topliss-reactive ketones (excluding diaryl/α,β-unsaturated/α-hetero) is 1. The minimum atomic E-state index is -0.0726. The Bertz CT molecular complexity index is 629. The lowest BCUT2D eigenvalue weighted by atomic mass is 9.75. The predicted octanol–water partition coefficient (Wildman–Crippen LogP) is 2.70. The zero-order valence-electron chi connectivity index (χ0n) is 15.9. The second-order valence-electron chi connectivity index (χ2n) is 7.83. The number of rotatable bonds is 6. The van der Waals surface area contributed by atoms with Crippen molar-refractivity contribution in [3.05, 3.63) is 22.6 Å². The summed E-state index contributed by atoms with van der Waals surface area (Å²) in [6.45, 7) is 10.2. The van der Waals surface area contributed by atoms with Gasteiger partial charge < -0.3 is 14.2 Å². The molecule has 0 unspecified atom stereocenters. The molecule has 0 N–H and O–H groups in total. The van der Waals surface area contributed by atoms with E-state index in [4.69, 9.17) is 4.42 Å². The summed E-state index contributed by atoms with van der Waals surface area (Å²) in [5, 5.41) is 0. The van der Waals surface area contributed by atoms with Crippen LogP contribution < -0.4 is 0 Å². The van der Waals surface area contributed by atoms with Crippen molar-refractivity contribution in [2.45, 2.75) is 47.0 Å². The van der Waals surface area contributed by atoms with Crippen LogP contribution in [0, 0.1) is 12.3 Å². The second kappa shape index (κ2) is 7.09. The van der Waals surface area contributed by atoms with E-state index < -0.39 is 0 Å². The lowest BCUT2D eigenvalue weighted by Gasteiger charge is -2.27. The van der Waals surface area contributed by atoms with Crippen molar-refractivity contribution in [1.29, 1.82) is 0 Å². The van der Waals surface area contributed by atoms with Crippen molar-refractivity contribution in [3.63, 3.8) is 0 Å². The predicted molar refractivity (Wildman–Crippen MR) is 94.4 cm³/mol. The molecule has 0 aliphatic heterocycles. The number of nitrogens with zero attached hydrogens (tertiary/aromatic N) is 2. The Balaban J connectivity index is 2.20. The van der Waals surface area contributed by atoms with E-state index in [1.54, 1.807) is 0 Å². The van der Waals surface area contributed by atoms with E-state index in [1.165, 1.54) is 0 Å². The molecule has 0 saturated heterocycles. The maximum atomic E-state index is 12.7. The average Bonchev–Trinajstić information content (AvgIpc) is 2.73. The highest BCUT2D eigenvalue weighted by Gasteiger charge is 2.36. The molecular weight excluding hydrogens is 304 g/mol. The third kappa shape index (κ3) is 4.07. The van der Waals surface area contributed by atoms with Crippen LogP contribution in [0.4, 0.5) is 0 Å². The summed E-state index contributed by atoms with van der Waals surface area (Å²) in [6, 6.07) is 0. The first kappa shape index (κ1) is 18.7. The Hall–Kier alpha value is -1.62. The van der Waals surface area contributed by atoms with Crippen LogP contribution in [0.2, 0.25) is 0 Å². The van der Waals surface area contributed by atoms with Gasteiger partial charge in [-0.05, 0) is 33.4 Å². The molecule has 2 rings (SSSR count). The molecule has 1 aromatic rings. The van der Waals surface area contributed by atoms with Gasteiger partial charge in [-0.15, -0.1) is 0 Å². The van der Waals surface area contributed by atoms with Gasteiger partial charge in [-0.3, -0.25) is 9.59 Å². The fourth-order valence-corrected chi connectivity index (χ4v) is 3.37. The van der Waals surface area contributed by atoms with Crippen molar-refractivity contribution in [3.8, 4) is 0 Å². The zero-order chi connectivity index (χ0) is 18.1. The van der Waals surface area contributed by atoms with Crippen molar-refractivity contribution in [1.82, 2.24) is 9.80 Å². The molecule has 0 radical (unpaired) electrons. The number of carbonyl (C=O) groups is 2. The highest BCUT2D eigenvalue weighted by molar-refractivity contribution is 6.01. The standard InChI is InChI=1S/C19H30N2O3/c1-7-21(9-8-20(5)6)17(23)10-14-13(2)24-16-12-19(3,4)11-15(22)18(14)16/h7-12H2,1-6H3. The van der Waals surface area contributed by atoms with Gasteiger partial charge in [0.05, 0.1) is 12.0 Å². The molecule has 134 valence electrons. The third-order valence-electron chi connectivity index (χ3n) is 4.72. The molecule has 0 atom stereocenters. The summed E-state index contributed by atoms with van der Waals surface area (Å²) in [7, 11) is 3.99. The van der Waals surface area contributed by atoms with Crippen LogP contribution in [0.25, 0.3) is 0 Å². The monoisotopic (exact) mass is 334 g/mol. The summed E-state index contributed by atoms with van der Waals surface area (Å²) < 4.78 is 5.86. The molecule has 1 heterocycles. The molecule has 0 spiro atoms. The van der Waals surface area contributed by atoms with Crippen LogP contribution in [0.3, 0.4) is 0 Å². The molecule has 5 heteroatoms. The number of hydrogen-bond donors (Lipinski definition) is 0. The number of carbonyl (C=O) groups excluding carboxylic acids is 2. The molecule has 24 heavy (non-hydrogen) atoms. The van der Waals surface area contributed by atoms with Gasteiger partial charge in [0.1, 0.15) is 11.5 Å². The Morgan fingerprint density at radius 1 is 1.21 bits per heavy atom. The number of ketones is 1. The summed E-state index contributed by atoms with van der Waals surface area (Å²) in [4.78, 5) is 29.2. The number of fused-ring (bicyclic) bond motifs is 1. The summed E-state index contributed by atoms with van der Waals surface area (Å²) in [5.41, 5.74) is 1.39. The van der Waals surface area contributed by atoms with Crippen molar-refractivity contribution >= 4 is 11.7 Å². The van der Waals surface area contributed by atoms with Crippen molar-refractivity contribution in [2.24, 2.45) is 5.41 Å². The molecule has 0 bridgehead atoms. The van der Waals surface area contributed by atoms with Crippen molar-refractivity contribution < 1.29 is 14.0 Å². The van der Waals surface area contributed by atoms with Gasteiger partial charge in [0.25, 0.3) is 0 Å². The second-order valence-corrected chi connectivity index (χ2v) is 7.83. The lowest BCUT2D eigenvalue weighted by molar-refractivity contribution is -0.130. The first-order valence-corrected chi connectivity index (χ1v) is 8.71. The van der Waals surface area contributed by atoms with Crippen LogP contribution in [0.1, 0.15) is 54.6 Å². The third-order valence-corrected chi connectivity index (χ3v) is 4.72. The summed E-state index contributed by atoms with van der Waals surface area (Å²) in [5.74, 6) is 1.64. The maximum Gasteiger partial charge on any atom is 0.227 e. The van der Waals surface area contributed by atoms with E-state index in [9.17, 15) is 9.59 Å².